The van der Waals surface area contributed by atoms with Crippen LogP contribution < -0.4 is 0 Å². The Morgan fingerprint density at radius 1 is 1.70 bits per heavy atom. The third kappa shape index (κ3) is 3.28. The molecular formula is C8H10BF. The molecule has 0 N–H and O–H groups in total. The lowest BCUT2D eigenvalue weighted by Crippen LogP contribution is -1.76. The lowest BCUT2D eigenvalue weighted by Gasteiger charge is -1.93. The molecule has 0 spiro atoms. The SMILES string of the molecule is [B]C/C(C=C)=C/C(F)=C\C. The van der Waals surface area contributed by atoms with Crippen LogP contribution in [0, 0.1) is 0 Å². The van der Waals surface area contributed by atoms with Gasteiger partial charge in [0.25, 0.3) is 0 Å². The molecule has 0 aliphatic carbocycles. The van der Waals surface area contributed by atoms with Crippen molar-refractivity contribution in [3.8, 4) is 0 Å². The van der Waals surface area contributed by atoms with E-state index >= 15 is 0 Å². The molecule has 52 valence electrons. The van der Waals surface area contributed by atoms with E-state index in [1.54, 1.807) is 13.0 Å². The van der Waals surface area contributed by atoms with E-state index < -0.39 is 0 Å². The molecule has 0 aliphatic heterocycles. The molecule has 0 saturated heterocycles. The minimum absolute atomic E-state index is 0.277. The van der Waals surface area contributed by atoms with E-state index in [9.17, 15) is 4.39 Å². The van der Waals surface area contributed by atoms with Gasteiger partial charge in [0.2, 0.25) is 0 Å². The molecule has 0 atom stereocenters. The van der Waals surface area contributed by atoms with Crippen LogP contribution in [0.5, 0.6) is 0 Å². The molecular weight excluding hydrogens is 126 g/mol. The highest BCUT2D eigenvalue weighted by atomic mass is 19.1. The summed E-state index contributed by atoms with van der Waals surface area (Å²) in [5.41, 5.74) is 0.704. The van der Waals surface area contributed by atoms with Crippen LogP contribution in [0.3, 0.4) is 0 Å². The Bertz CT molecular complexity index is 168. The zero-order chi connectivity index (χ0) is 7.98. The van der Waals surface area contributed by atoms with Gasteiger partial charge in [-0.05, 0) is 13.0 Å². The molecule has 0 bridgehead atoms. The molecule has 0 heterocycles. The summed E-state index contributed by atoms with van der Waals surface area (Å²) < 4.78 is 12.4. The zero-order valence-corrected chi connectivity index (χ0v) is 6.10. The summed E-state index contributed by atoms with van der Waals surface area (Å²) in [4.78, 5) is 0. The Morgan fingerprint density at radius 3 is 2.60 bits per heavy atom. The van der Waals surface area contributed by atoms with E-state index in [1.165, 1.54) is 12.2 Å². The number of hydrogen-bond acceptors (Lipinski definition) is 0. The predicted octanol–water partition coefficient (Wildman–Crippen LogP) is 2.56. The van der Waals surface area contributed by atoms with Crippen LogP contribution in [-0.2, 0) is 0 Å². The molecule has 0 fully saturated rings. The minimum Gasteiger partial charge on any atom is -0.207 e. The van der Waals surface area contributed by atoms with Gasteiger partial charge in [0.1, 0.15) is 5.83 Å². The molecule has 0 amide bonds. The van der Waals surface area contributed by atoms with Crippen molar-refractivity contribution in [3.05, 3.63) is 36.2 Å². The van der Waals surface area contributed by atoms with Crippen molar-refractivity contribution in [3.63, 3.8) is 0 Å². The van der Waals surface area contributed by atoms with Gasteiger partial charge in [0, 0.05) is 0 Å². The van der Waals surface area contributed by atoms with Gasteiger partial charge in [-0.2, -0.15) is 0 Å². The second-order valence-corrected chi connectivity index (χ2v) is 1.80. The van der Waals surface area contributed by atoms with E-state index in [0.29, 0.717) is 11.9 Å². The van der Waals surface area contributed by atoms with Crippen LogP contribution in [0.1, 0.15) is 6.92 Å². The first kappa shape index (κ1) is 9.21. The third-order valence-electron chi connectivity index (χ3n) is 1.10. The highest BCUT2D eigenvalue weighted by Crippen LogP contribution is 2.07. The van der Waals surface area contributed by atoms with Crippen molar-refractivity contribution in [1.82, 2.24) is 0 Å². The lowest BCUT2D eigenvalue weighted by atomic mass is 9.96. The van der Waals surface area contributed by atoms with Crippen molar-refractivity contribution in [2.75, 3.05) is 0 Å². The van der Waals surface area contributed by atoms with E-state index in [2.05, 4.69) is 6.58 Å². The Labute approximate surface area is 62.5 Å². The maximum Gasteiger partial charge on any atom is 0.119 e. The zero-order valence-electron chi connectivity index (χ0n) is 6.10. The minimum atomic E-state index is -0.277. The Morgan fingerprint density at radius 2 is 2.30 bits per heavy atom. The molecule has 0 rings (SSSR count). The van der Waals surface area contributed by atoms with Crippen LogP contribution in [0.25, 0.3) is 0 Å². The lowest BCUT2D eigenvalue weighted by molar-refractivity contribution is 0.663. The van der Waals surface area contributed by atoms with Gasteiger partial charge in [-0.25, -0.2) is 4.39 Å². The van der Waals surface area contributed by atoms with Crippen molar-refractivity contribution in [2.24, 2.45) is 0 Å². The van der Waals surface area contributed by atoms with Gasteiger partial charge in [0.05, 0.1) is 7.85 Å². The molecule has 0 nitrogen and oxygen atoms in total. The van der Waals surface area contributed by atoms with Crippen LogP contribution in [-0.4, -0.2) is 7.85 Å². The Hall–Kier alpha value is -0.785. The predicted molar refractivity (Wildman–Crippen MR) is 43.7 cm³/mol. The summed E-state index contributed by atoms with van der Waals surface area (Å²) in [7, 11) is 5.25. The summed E-state index contributed by atoms with van der Waals surface area (Å²) in [5.74, 6) is -0.277. The summed E-state index contributed by atoms with van der Waals surface area (Å²) in [6.07, 6.45) is 4.61. The maximum atomic E-state index is 12.4. The van der Waals surface area contributed by atoms with Crippen molar-refractivity contribution >= 4 is 7.85 Å². The highest BCUT2D eigenvalue weighted by Gasteiger charge is 1.88. The largest absolute Gasteiger partial charge is 0.207 e. The van der Waals surface area contributed by atoms with Gasteiger partial charge in [-0.15, -0.1) is 0 Å². The molecule has 0 aromatic carbocycles. The molecule has 0 unspecified atom stereocenters. The summed E-state index contributed by atoms with van der Waals surface area (Å²) in [5, 5.41) is 0. The first-order valence-corrected chi connectivity index (χ1v) is 3.09. The molecule has 2 heteroatoms. The average molecular weight is 136 g/mol. The van der Waals surface area contributed by atoms with Crippen LogP contribution in [0.4, 0.5) is 4.39 Å². The van der Waals surface area contributed by atoms with E-state index in [1.807, 2.05) is 0 Å². The fourth-order valence-electron chi connectivity index (χ4n) is 0.462. The number of rotatable bonds is 3. The van der Waals surface area contributed by atoms with E-state index in [0.717, 1.165) is 0 Å². The smallest absolute Gasteiger partial charge is 0.119 e. The van der Waals surface area contributed by atoms with E-state index in [-0.39, 0.29) is 5.83 Å². The third-order valence-corrected chi connectivity index (χ3v) is 1.10. The van der Waals surface area contributed by atoms with Crippen LogP contribution in [0.2, 0.25) is 6.32 Å². The molecule has 0 aromatic rings. The fourth-order valence-corrected chi connectivity index (χ4v) is 0.462. The van der Waals surface area contributed by atoms with Gasteiger partial charge < -0.3 is 0 Å². The quantitative estimate of drug-likeness (QED) is 0.413. The summed E-state index contributed by atoms with van der Waals surface area (Å²) in [6.45, 7) is 5.11. The molecule has 0 saturated carbocycles. The summed E-state index contributed by atoms with van der Waals surface area (Å²) >= 11 is 0. The van der Waals surface area contributed by atoms with Crippen molar-refractivity contribution in [1.29, 1.82) is 0 Å². The average Bonchev–Trinajstić information content (AvgIpc) is 1.99. The van der Waals surface area contributed by atoms with Crippen molar-refractivity contribution in [2.45, 2.75) is 13.2 Å². The maximum absolute atomic E-state index is 12.4. The second-order valence-electron chi connectivity index (χ2n) is 1.80. The van der Waals surface area contributed by atoms with E-state index in [4.69, 9.17) is 7.85 Å². The molecule has 0 aliphatic rings. The van der Waals surface area contributed by atoms with Crippen molar-refractivity contribution < 1.29 is 4.39 Å². The second kappa shape index (κ2) is 5.04. The Balaban J connectivity index is 4.24. The topological polar surface area (TPSA) is 0 Å². The van der Waals surface area contributed by atoms with Gasteiger partial charge in [0.15, 0.2) is 0 Å². The summed E-state index contributed by atoms with van der Waals surface area (Å²) in [6, 6.07) is 0. The number of halogens is 1. The molecule has 0 aromatic heterocycles. The van der Waals surface area contributed by atoms with Gasteiger partial charge >= 0.3 is 0 Å². The highest BCUT2D eigenvalue weighted by molar-refractivity contribution is 6.10. The monoisotopic (exact) mass is 136 g/mol. The standard InChI is InChI=1S/C8H10BF/c1-3-7(6-9)5-8(10)4-2/h3-5H,1,6H2,2H3/b7-5+,8-4+. The normalized spacial score (nSPS) is 13.4. The first-order valence-electron chi connectivity index (χ1n) is 3.09. The van der Waals surface area contributed by atoms with Crippen LogP contribution in [0.15, 0.2) is 36.2 Å². The van der Waals surface area contributed by atoms with Crippen LogP contribution >= 0.6 is 0 Å². The first-order chi connectivity index (χ1) is 4.74. The van der Waals surface area contributed by atoms with Gasteiger partial charge in [-0.1, -0.05) is 30.6 Å². The fraction of sp³-hybridized carbons (Fsp3) is 0.250. The van der Waals surface area contributed by atoms with Gasteiger partial charge in [-0.3, -0.25) is 0 Å². The molecule has 2 radical (unpaired) electrons. The Kier molecular flexibility index (Phi) is 4.64. The number of allylic oxidation sites excluding steroid dienone is 5. The molecule has 10 heavy (non-hydrogen) atoms. The number of hydrogen-bond donors (Lipinski definition) is 0.